The molecule has 1 rings (SSSR count). The summed E-state index contributed by atoms with van der Waals surface area (Å²) >= 11 is 5.31. The fraction of sp³-hybridized carbons (Fsp3) is 0. The van der Waals surface area contributed by atoms with Crippen molar-refractivity contribution >= 4 is 17.6 Å². The van der Waals surface area contributed by atoms with Crippen molar-refractivity contribution in [2.75, 3.05) is 0 Å². The molecule has 4 N–H and O–H groups in total. The molecule has 1 aromatic rings. The van der Waals surface area contributed by atoms with Crippen LogP contribution in [0.5, 0.6) is 17.2 Å². The van der Waals surface area contributed by atoms with Crippen LogP contribution in [0.2, 0.25) is 5.02 Å². The van der Waals surface area contributed by atoms with E-state index in [1.54, 1.807) is 0 Å². The van der Waals surface area contributed by atoms with Crippen LogP contribution >= 0.6 is 11.6 Å². The van der Waals surface area contributed by atoms with Gasteiger partial charge in [0.05, 0.1) is 0 Å². The Hall–Kier alpha value is -1.62. The number of halogens is 1. The number of aromatic hydroxyl groups is 3. The molecule has 70 valence electrons. The average molecular weight is 205 g/mol. The summed E-state index contributed by atoms with van der Waals surface area (Å²) < 4.78 is 0. The third-order valence-corrected chi connectivity index (χ3v) is 1.78. The molecule has 0 radical (unpaired) electrons. The molecule has 0 atom stereocenters. The van der Waals surface area contributed by atoms with Crippen LogP contribution in [-0.2, 0) is 0 Å². The minimum atomic E-state index is -1.45. The monoisotopic (exact) mass is 204 g/mol. The molecule has 13 heavy (non-hydrogen) atoms. The maximum atomic E-state index is 10.4. The van der Waals surface area contributed by atoms with Gasteiger partial charge in [0.25, 0.3) is 0 Å². The van der Waals surface area contributed by atoms with Crippen molar-refractivity contribution in [2.45, 2.75) is 0 Å². The van der Waals surface area contributed by atoms with E-state index >= 15 is 0 Å². The predicted octanol–water partition coefficient (Wildman–Crippen LogP) is 1.16. The number of hydrogen-bond acceptors (Lipinski definition) is 4. The number of carboxylic acids is 1. The number of benzene rings is 1. The largest absolute Gasteiger partial charge is 0.505 e. The topological polar surface area (TPSA) is 98.0 Å². The third-order valence-electron chi connectivity index (χ3n) is 1.43. The fourth-order valence-electron chi connectivity index (χ4n) is 0.779. The van der Waals surface area contributed by atoms with Crippen molar-refractivity contribution in [1.82, 2.24) is 0 Å². The summed E-state index contributed by atoms with van der Waals surface area (Å²) in [6.07, 6.45) is 0. The Kier molecular flexibility index (Phi) is 2.20. The predicted molar refractivity (Wildman–Crippen MR) is 43.4 cm³/mol. The van der Waals surface area contributed by atoms with Crippen LogP contribution in [0.4, 0.5) is 0 Å². The Morgan fingerprint density at radius 2 is 1.77 bits per heavy atom. The average Bonchev–Trinajstić information content (AvgIpc) is 2.07. The molecule has 0 amide bonds. The maximum absolute atomic E-state index is 10.4. The van der Waals surface area contributed by atoms with Crippen LogP contribution < -0.4 is 0 Å². The lowest BCUT2D eigenvalue weighted by molar-refractivity contribution is 0.0693. The van der Waals surface area contributed by atoms with Crippen molar-refractivity contribution in [3.63, 3.8) is 0 Å². The van der Waals surface area contributed by atoms with Crippen molar-refractivity contribution in [3.05, 3.63) is 16.7 Å². The first-order chi connectivity index (χ1) is 5.95. The molecule has 1 aromatic carbocycles. The Bertz CT molecular complexity index is 374. The molecule has 0 saturated carbocycles. The molecular weight excluding hydrogens is 200 g/mol. The summed E-state index contributed by atoms with van der Waals surface area (Å²) in [4.78, 5) is 10.4. The van der Waals surface area contributed by atoms with E-state index < -0.39 is 33.8 Å². The molecule has 0 spiro atoms. The SMILES string of the molecule is O=C(O)c1cc(O)c(O)c(Cl)c1O. The highest BCUT2D eigenvalue weighted by Gasteiger charge is 2.19. The summed E-state index contributed by atoms with van der Waals surface area (Å²) in [6.45, 7) is 0. The summed E-state index contributed by atoms with van der Waals surface area (Å²) in [5, 5.41) is 34.9. The van der Waals surface area contributed by atoms with E-state index in [0.717, 1.165) is 0 Å². The van der Waals surface area contributed by atoms with E-state index in [-0.39, 0.29) is 0 Å². The molecule has 0 bridgehead atoms. The maximum Gasteiger partial charge on any atom is 0.339 e. The Balaban J connectivity index is 3.50. The van der Waals surface area contributed by atoms with Gasteiger partial charge >= 0.3 is 5.97 Å². The molecule has 0 aliphatic carbocycles. The molecule has 0 aromatic heterocycles. The number of rotatable bonds is 1. The van der Waals surface area contributed by atoms with E-state index in [1.807, 2.05) is 0 Å². The fourth-order valence-corrected chi connectivity index (χ4v) is 0.978. The zero-order valence-corrected chi connectivity index (χ0v) is 6.91. The Morgan fingerprint density at radius 3 is 2.23 bits per heavy atom. The molecule has 0 aliphatic rings. The first-order valence-electron chi connectivity index (χ1n) is 3.11. The molecule has 0 heterocycles. The first kappa shape index (κ1) is 9.47. The molecule has 5 nitrogen and oxygen atoms in total. The minimum Gasteiger partial charge on any atom is -0.505 e. The summed E-state index contributed by atoms with van der Waals surface area (Å²) in [6, 6.07) is 0.707. The van der Waals surface area contributed by atoms with Gasteiger partial charge in [0.15, 0.2) is 17.2 Å². The minimum absolute atomic E-state index is 0.569. The number of phenols is 3. The summed E-state index contributed by atoms with van der Waals surface area (Å²) in [5.41, 5.74) is -0.569. The van der Waals surface area contributed by atoms with Crippen LogP contribution in [0.1, 0.15) is 10.4 Å². The second-order valence-corrected chi connectivity index (χ2v) is 2.64. The van der Waals surface area contributed by atoms with Crippen molar-refractivity contribution in [1.29, 1.82) is 0 Å². The first-order valence-corrected chi connectivity index (χ1v) is 3.49. The smallest absolute Gasteiger partial charge is 0.339 e. The second-order valence-electron chi connectivity index (χ2n) is 2.26. The van der Waals surface area contributed by atoms with E-state index in [9.17, 15) is 4.79 Å². The standard InChI is InChI=1S/C7H5ClO5/c8-4-5(10)2(7(12)13)1-3(9)6(4)11/h1,9-11H,(H,12,13). The molecule has 0 fully saturated rings. The lowest BCUT2D eigenvalue weighted by Gasteiger charge is -2.05. The lowest BCUT2D eigenvalue weighted by atomic mass is 10.2. The number of hydrogen-bond donors (Lipinski definition) is 4. The number of phenolic OH excluding ortho intramolecular Hbond substituents is 2. The Morgan fingerprint density at radius 1 is 1.23 bits per heavy atom. The number of carbonyl (C=O) groups is 1. The van der Waals surface area contributed by atoms with Gasteiger partial charge in [-0.2, -0.15) is 0 Å². The van der Waals surface area contributed by atoms with Crippen LogP contribution in [0.15, 0.2) is 6.07 Å². The van der Waals surface area contributed by atoms with Crippen molar-refractivity contribution in [3.8, 4) is 17.2 Å². The molecule has 0 saturated heterocycles. The van der Waals surface area contributed by atoms with E-state index in [1.165, 1.54) is 0 Å². The van der Waals surface area contributed by atoms with Gasteiger partial charge in [-0.05, 0) is 0 Å². The highest BCUT2D eigenvalue weighted by Crippen LogP contribution is 2.41. The van der Waals surface area contributed by atoms with Gasteiger partial charge in [-0.3, -0.25) is 0 Å². The van der Waals surface area contributed by atoms with Gasteiger partial charge in [-0.1, -0.05) is 11.6 Å². The summed E-state index contributed by atoms with van der Waals surface area (Å²) in [5.74, 6) is -3.66. The second kappa shape index (κ2) is 3.02. The van der Waals surface area contributed by atoms with Gasteiger partial charge in [0.1, 0.15) is 10.6 Å². The van der Waals surface area contributed by atoms with Crippen LogP contribution in [0, 0.1) is 0 Å². The van der Waals surface area contributed by atoms with Crippen LogP contribution in [-0.4, -0.2) is 26.4 Å². The van der Waals surface area contributed by atoms with Crippen molar-refractivity contribution < 1.29 is 25.2 Å². The van der Waals surface area contributed by atoms with Crippen LogP contribution in [0.25, 0.3) is 0 Å². The zero-order valence-electron chi connectivity index (χ0n) is 6.15. The van der Waals surface area contributed by atoms with E-state index in [4.69, 9.17) is 32.0 Å². The van der Waals surface area contributed by atoms with Gasteiger partial charge in [0, 0.05) is 6.07 Å². The van der Waals surface area contributed by atoms with Crippen molar-refractivity contribution in [2.24, 2.45) is 0 Å². The third kappa shape index (κ3) is 1.46. The molecule has 6 heteroatoms. The Labute approximate surface area is 77.4 Å². The molecule has 0 aliphatic heterocycles. The van der Waals surface area contributed by atoms with Gasteiger partial charge in [0.2, 0.25) is 0 Å². The summed E-state index contributed by atoms with van der Waals surface area (Å²) in [7, 11) is 0. The van der Waals surface area contributed by atoms with Gasteiger partial charge < -0.3 is 20.4 Å². The highest BCUT2D eigenvalue weighted by molar-refractivity contribution is 6.34. The highest BCUT2D eigenvalue weighted by atomic mass is 35.5. The lowest BCUT2D eigenvalue weighted by Crippen LogP contribution is -1.96. The normalized spacial score (nSPS) is 9.92. The van der Waals surface area contributed by atoms with E-state index in [0.29, 0.717) is 6.07 Å². The number of carboxylic acid groups (broad SMARTS) is 1. The number of aromatic carboxylic acids is 1. The molecular formula is C7H5ClO5. The van der Waals surface area contributed by atoms with Gasteiger partial charge in [-0.15, -0.1) is 0 Å². The van der Waals surface area contributed by atoms with Crippen LogP contribution in [0.3, 0.4) is 0 Å². The van der Waals surface area contributed by atoms with E-state index in [2.05, 4.69) is 0 Å². The quantitative estimate of drug-likeness (QED) is 0.406. The zero-order chi connectivity index (χ0) is 10.2. The molecule has 0 unspecified atom stereocenters. The van der Waals surface area contributed by atoms with Gasteiger partial charge in [-0.25, -0.2) is 4.79 Å².